The first-order valence-electron chi connectivity index (χ1n) is 10.8. The van der Waals surface area contributed by atoms with Crippen molar-refractivity contribution in [2.75, 3.05) is 33.2 Å². The number of rotatable bonds is 8. The Labute approximate surface area is 182 Å². The van der Waals surface area contributed by atoms with Crippen LogP contribution in [0.4, 0.5) is 0 Å². The normalized spacial score (nSPS) is 15.5. The Balaban J connectivity index is 1.20. The fraction of sp³-hybridized carbons (Fsp3) is 0.417. The zero-order valence-corrected chi connectivity index (χ0v) is 18.5. The van der Waals surface area contributed by atoms with Gasteiger partial charge in [0.1, 0.15) is 0 Å². The molecule has 0 radical (unpaired) electrons. The molecule has 0 spiro atoms. The number of nitrogens with zero attached hydrogens (tertiary/aromatic N) is 3. The van der Waals surface area contributed by atoms with Gasteiger partial charge in [-0.1, -0.05) is 36.4 Å². The second kappa shape index (κ2) is 10.2. The molecule has 1 fully saturated rings. The molecule has 1 aliphatic heterocycles. The number of nitrogens with one attached hydrogen (secondary N) is 1. The Morgan fingerprint density at radius 2 is 1.87 bits per heavy atom. The molecule has 0 saturated carbocycles. The van der Waals surface area contributed by atoms with Crippen molar-refractivity contribution in [2.24, 2.45) is 0 Å². The third kappa shape index (κ3) is 5.88. The Kier molecular flexibility index (Phi) is 7.10. The van der Waals surface area contributed by atoms with Crippen molar-refractivity contribution in [2.45, 2.75) is 32.4 Å². The summed E-state index contributed by atoms with van der Waals surface area (Å²) in [5.41, 5.74) is 3.54. The molecule has 3 aromatic rings. The standard InChI is InChI=1S/C24H30N4OS/c1-27-12-14-28(15-13-27)18-20-7-4-6-19(16-20)17-25-23(29)10-5-11-24-26-21-8-2-3-9-22(21)30-24/h2-4,6-9,16H,5,10-15,17-18H2,1H3,(H,25,29). The lowest BCUT2D eigenvalue weighted by molar-refractivity contribution is -0.121. The zero-order chi connectivity index (χ0) is 20.8. The van der Waals surface area contributed by atoms with E-state index in [-0.39, 0.29) is 5.91 Å². The van der Waals surface area contributed by atoms with Gasteiger partial charge in [-0.25, -0.2) is 4.98 Å². The molecule has 30 heavy (non-hydrogen) atoms. The lowest BCUT2D eigenvalue weighted by Crippen LogP contribution is -2.43. The van der Waals surface area contributed by atoms with Gasteiger partial charge in [-0.2, -0.15) is 0 Å². The number of hydrogen-bond donors (Lipinski definition) is 1. The summed E-state index contributed by atoms with van der Waals surface area (Å²) in [7, 11) is 2.18. The number of benzene rings is 2. The number of carbonyl (C=O) groups is 1. The maximum Gasteiger partial charge on any atom is 0.220 e. The fourth-order valence-electron chi connectivity index (χ4n) is 3.82. The van der Waals surface area contributed by atoms with Crippen LogP contribution in [0.25, 0.3) is 10.2 Å². The van der Waals surface area contributed by atoms with Crippen LogP contribution in [0.15, 0.2) is 48.5 Å². The van der Waals surface area contributed by atoms with Crippen LogP contribution >= 0.6 is 11.3 Å². The highest BCUT2D eigenvalue weighted by atomic mass is 32.1. The number of aryl methyl sites for hydroxylation is 1. The summed E-state index contributed by atoms with van der Waals surface area (Å²) in [6.45, 7) is 6.08. The van der Waals surface area contributed by atoms with E-state index in [9.17, 15) is 4.79 Å². The smallest absolute Gasteiger partial charge is 0.220 e. The molecular weight excluding hydrogens is 392 g/mol. The van der Waals surface area contributed by atoms with Crippen molar-refractivity contribution in [3.05, 3.63) is 64.7 Å². The van der Waals surface area contributed by atoms with E-state index >= 15 is 0 Å². The fourth-order valence-corrected chi connectivity index (χ4v) is 4.83. The Hall–Kier alpha value is -2.28. The average Bonchev–Trinajstić information content (AvgIpc) is 3.17. The zero-order valence-electron chi connectivity index (χ0n) is 17.6. The van der Waals surface area contributed by atoms with Gasteiger partial charge in [-0.15, -0.1) is 11.3 Å². The summed E-state index contributed by atoms with van der Waals surface area (Å²) in [6, 6.07) is 16.8. The van der Waals surface area contributed by atoms with Crippen LogP contribution in [0.3, 0.4) is 0 Å². The molecule has 0 aliphatic carbocycles. The van der Waals surface area contributed by atoms with Crippen molar-refractivity contribution in [1.29, 1.82) is 0 Å². The molecule has 158 valence electrons. The summed E-state index contributed by atoms with van der Waals surface area (Å²) in [4.78, 5) is 21.8. The predicted octanol–water partition coefficient (Wildman–Crippen LogP) is 3.68. The van der Waals surface area contributed by atoms with Gasteiger partial charge >= 0.3 is 0 Å². The van der Waals surface area contributed by atoms with E-state index in [4.69, 9.17) is 0 Å². The van der Waals surface area contributed by atoms with Crippen LogP contribution in [0, 0.1) is 0 Å². The lowest BCUT2D eigenvalue weighted by atomic mass is 10.1. The second-order valence-corrected chi connectivity index (χ2v) is 9.22. The predicted molar refractivity (Wildman–Crippen MR) is 124 cm³/mol. The first kappa shape index (κ1) is 21.0. The SMILES string of the molecule is CN1CCN(Cc2cccc(CNC(=O)CCCc3nc4ccccc4s3)c2)CC1. The van der Waals surface area contributed by atoms with Crippen LogP contribution < -0.4 is 5.32 Å². The van der Waals surface area contributed by atoms with E-state index in [1.807, 2.05) is 18.2 Å². The number of fused-ring (bicyclic) bond motifs is 1. The lowest BCUT2D eigenvalue weighted by Gasteiger charge is -2.32. The van der Waals surface area contributed by atoms with Crippen LogP contribution in [0.5, 0.6) is 0 Å². The van der Waals surface area contributed by atoms with Gasteiger partial charge < -0.3 is 10.2 Å². The third-order valence-corrected chi connectivity index (χ3v) is 6.71. The Morgan fingerprint density at radius 1 is 1.07 bits per heavy atom. The minimum absolute atomic E-state index is 0.112. The van der Waals surface area contributed by atoms with Crippen molar-refractivity contribution >= 4 is 27.5 Å². The molecule has 1 amide bonds. The van der Waals surface area contributed by atoms with Crippen LogP contribution in [-0.2, 0) is 24.3 Å². The minimum Gasteiger partial charge on any atom is -0.352 e. The minimum atomic E-state index is 0.112. The number of amides is 1. The third-order valence-electron chi connectivity index (χ3n) is 5.62. The number of aromatic nitrogens is 1. The number of piperazine rings is 1. The van der Waals surface area contributed by atoms with E-state index in [0.29, 0.717) is 13.0 Å². The molecule has 5 nitrogen and oxygen atoms in total. The van der Waals surface area contributed by atoms with Gasteiger partial charge in [0.15, 0.2) is 0 Å². The summed E-state index contributed by atoms with van der Waals surface area (Å²) in [5.74, 6) is 0.112. The van der Waals surface area contributed by atoms with Gasteiger partial charge in [0.2, 0.25) is 5.91 Å². The van der Waals surface area contributed by atoms with E-state index in [1.165, 1.54) is 15.8 Å². The molecule has 0 unspecified atom stereocenters. The van der Waals surface area contributed by atoms with Crippen LogP contribution in [0.1, 0.15) is 29.0 Å². The van der Waals surface area contributed by atoms with E-state index in [0.717, 1.165) is 56.1 Å². The molecule has 0 bridgehead atoms. The second-order valence-electron chi connectivity index (χ2n) is 8.10. The summed E-state index contributed by atoms with van der Waals surface area (Å²) in [5, 5.41) is 4.18. The topological polar surface area (TPSA) is 48.5 Å². The maximum atomic E-state index is 12.3. The molecule has 0 atom stereocenters. The highest BCUT2D eigenvalue weighted by Crippen LogP contribution is 2.22. The summed E-state index contributed by atoms with van der Waals surface area (Å²) < 4.78 is 1.22. The van der Waals surface area contributed by atoms with E-state index in [1.54, 1.807) is 11.3 Å². The first-order chi connectivity index (χ1) is 14.7. The molecule has 2 heterocycles. The van der Waals surface area contributed by atoms with Crippen LogP contribution in [0.2, 0.25) is 0 Å². The summed E-state index contributed by atoms with van der Waals surface area (Å²) in [6.07, 6.45) is 2.22. The molecule has 6 heteroatoms. The molecule has 1 aliphatic rings. The van der Waals surface area contributed by atoms with Crippen molar-refractivity contribution in [3.8, 4) is 0 Å². The highest BCUT2D eigenvalue weighted by molar-refractivity contribution is 7.18. The van der Waals surface area contributed by atoms with E-state index in [2.05, 4.69) is 57.5 Å². The van der Waals surface area contributed by atoms with Crippen molar-refractivity contribution < 1.29 is 4.79 Å². The van der Waals surface area contributed by atoms with Crippen molar-refractivity contribution in [3.63, 3.8) is 0 Å². The number of carbonyl (C=O) groups excluding carboxylic acids is 1. The molecule has 4 rings (SSSR count). The largest absolute Gasteiger partial charge is 0.352 e. The Bertz CT molecular complexity index is 945. The van der Waals surface area contributed by atoms with Gasteiger partial charge in [-0.05, 0) is 43.1 Å². The molecule has 1 aromatic heterocycles. The number of thiazole rings is 1. The number of likely N-dealkylation sites (N-methyl/N-ethyl adjacent to an activating group) is 1. The maximum absolute atomic E-state index is 12.3. The van der Waals surface area contributed by atoms with Gasteiger partial charge in [0.05, 0.1) is 15.2 Å². The molecule has 1 N–H and O–H groups in total. The molecule has 1 saturated heterocycles. The van der Waals surface area contributed by atoms with Crippen LogP contribution in [-0.4, -0.2) is 53.9 Å². The first-order valence-corrected chi connectivity index (χ1v) is 11.6. The monoisotopic (exact) mass is 422 g/mol. The van der Waals surface area contributed by atoms with E-state index < -0.39 is 0 Å². The van der Waals surface area contributed by atoms with Gasteiger partial charge in [0.25, 0.3) is 0 Å². The highest BCUT2D eigenvalue weighted by Gasteiger charge is 2.14. The van der Waals surface area contributed by atoms with Gasteiger partial charge in [-0.3, -0.25) is 9.69 Å². The Morgan fingerprint density at radius 3 is 2.70 bits per heavy atom. The quantitative estimate of drug-likeness (QED) is 0.602. The number of para-hydroxylation sites is 1. The average molecular weight is 423 g/mol. The molecular formula is C24H30N4OS. The van der Waals surface area contributed by atoms with Crippen molar-refractivity contribution in [1.82, 2.24) is 20.1 Å². The number of hydrogen-bond acceptors (Lipinski definition) is 5. The molecule has 2 aromatic carbocycles. The van der Waals surface area contributed by atoms with Gasteiger partial charge in [0, 0.05) is 45.7 Å². The summed E-state index contributed by atoms with van der Waals surface area (Å²) >= 11 is 1.73.